The van der Waals surface area contributed by atoms with E-state index in [1.807, 2.05) is 88.4 Å². The maximum Gasteiger partial charge on any atom is 0.492 e. The maximum absolute atomic E-state index is 12.3. The van der Waals surface area contributed by atoms with Crippen LogP contribution in [0.15, 0.2) is 66.6 Å². The number of nitrogens with one attached hydrogen (secondary N) is 1. The fourth-order valence-electron chi connectivity index (χ4n) is 3.14. The summed E-state index contributed by atoms with van der Waals surface area (Å²) in [6, 6.07) is 17.5. The Morgan fingerprint density at radius 1 is 1.03 bits per heavy atom. The third kappa shape index (κ3) is 5.87. The van der Waals surface area contributed by atoms with Gasteiger partial charge in [0, 0.05) is 6.54 Å². The molecule has 0 bridgehead atoms. The van der Waals surface area contributed by atoms with Crippen LogP contribution in [0.1, 0.15) is 44.4 Å². The molecular formula is C25H30BNO4. The smallest absolute Gasteiger partial charge is 0.445 e. The van der Waals surface area contributed by atoms with Gasteiger partial charge >= 0.3 is 13.2 Å². The molecule has 0 atom stereocenters. The molecule has 0 aliphatic carbocycles. The number of carbonyl (C=O) groups excluding carboxylic acids is 1. The zero-order valence-electron chi connectivity index (χ0n) is 18.7. The Hall–Kier alpha value is -2.83. The standard InChI is InChI=1S/C25H30BNO4/c1-6-19-13-10-14-21(15-19)16-22(26-30-24(2,3)25(4,5)31-26)17-27-23(28)29-18-20-11-8-7-9-12-20/h6-16H,1,17-18H2,2-5H3,(H,27,28). The lowest BCUT2D eigenvalue weighted by Crippen LogP contribution is -2.41. The molecule has 0 saturated carbocycles. The lowest BCUT2D eigenvalue weighted by Gasteiger charge is -2.32. The molecule has 2 aromatic rings. The fourth-order valence-corrected chi connectivity index (χ4v) is 3.14. The molecular weight excluding hydrogens is 389 g/mol. The van der Waals surface area contributed by atoms with Gasteiger partial charge in [-0.25, -0.2) is 4.79 Å². The van der Waals surface area contributed by atoms with Crippen LogP contribution in [0.2, 0.25) is 0 Å². The Morgan fingerprint density at radius 3 is 2.32 bits per heavy atom. The van der Waals surface area contributed by atoms with Gasteiger partial charge in [-0.3, -0.25) is 0 Å². The number of benzene rings is 2. The van der Waals surface area contributed by atoms with Gasteiger partial charge in [0.15, 0.2) is 0 Å². The van der Waals surface area contributed by atoms with Crippen LogP contribution < -0.4 is 5.32 Å². The minimum atomic E-state index is -0.577. The topological polar surface area (TPSA) is 56.8 Å². The molecule has 0 unspecified atom stereocenters. The summed E-state index contributed by atoms with van der Waals surface area (Å²) in [5, 5.41) is 2.82. The second-order valence-electron chi connectivity index (χ2n) is 8.60. The van der Waals surface area contributed by atoms with Crippen LogP contribution in [-0.4, -0.2) is 31.0 Å². The summed E-state index contributed by atoms with van der Waals surface area (Å²) < 4.78 is 17.8. The first-order chi connectivity index (χ1) is 14.7. The van der Waals surface area contributed by atoms with Crippen molar-refractivity contribution in [2.45, 2.75) is 45.5 Å². The van der Waals surface area contributed by atoms with E-state index < -0.39 is 24.4 Å². The van der Waals surface area contributed by atoms with E-state index in [1.165, 1.54) is 0 Å². The van der Waals surface area contributed by atoms with Crippen LogP contribution in [0, 0.1) is 0 Å². The zero-order chi connectivity index (χ0) is 22.5. The van der Waals surface area contributed by atoms with Crippen molar-refractivity contribution in [2.75, 3.05) is 6.54 Å². The molecule has 5 nitrogen and oxygen atoms in total. The van der Waals surface area contributed by atoms with Crippen molar-refractivity contribution >= 4 is 25.4 Å². The first kappa shape index (κ1) is 22.9. The predicted octanol–water partition coefficient (Wildman–Crippen LogP) is 5.27. The first-order valence-electron chi connectivity index (χ1n) is 10.4. The van der Waals surface area contributed by atoms with Crippen molar-refractivity contribution in [2.24, 2.45) is 0 Å². The van der Waals surface area contributed by atoms with E-state index in [4.69, 9.17) is 14.0 Å². The van der Waals surface area contributed by atoms with Gasteiger partial charge in [-0.1, -0.05) is 67.3 Å². The fraction of sp³-hybridized carbons (Fsp3) is 0.320. The van der Waals surface area contributed by atoms with E-state index in [0.717, 1.165) is 22.2 Å². The van der Waals surface area contributed by atoms with Gasteiger partial charge < -0.3 is 19.4 Å². The van der Waals surface area contributed by atoms with E-state index >= 15 is 0 Å². The summed E-state index contributed by atoms with van der Waals surface area (Å²) >= 11 is 0. The summed E-state index contributed by atoms with van der Waals surface area (Å²) in [5.41, 5.74) is 2.76. The van der Waals surface area contributed by atoms with Crippen LogP contribution in [0.5, 0.6) is 0 Å². The molecule has 1 fully saturated rings. The van der Waals surface area contributed by atoms with Gasteiger partial charge in [0.1, 0.15) is 6.61 Å². The van der Waals surface area contributed by atoms with Gasteiger partial charge in [0.25, 0.3) is 0 Å². The van der Waals surface area contributed by atoms with Crippen molar-refractivity contribution in [1.82, 2.24) is 5.32 Å². The molecule has 162 valence electrons. The Morgan fingerprint density at radius 2 is 1.68 bits per heavy atom. The van der Waals surface area contributed by atoms with Crippen molar-refractivity contribution in [3.05, 3.63) is 83.3 Å². The van der Waals surface area contributed by atoms with E-state index in [2.05, 4.69) is 11.9 Å². The molecule has 1 N–H and O–H groups in total. The quantitative estimate of drug-likeness (QED) is 0.622. The average molecular weight is 419 g/mol. The summed E-state index contributed by atoms with van der Waals surface area (Å²) in [7, 11) is -0.577. The first-order valence-corrected chi connectivity index (χ1v) is 10.4. The van der Waals surface area contributed by atoms with Gasteiger partial charge in [-0.2, -0.15) is 0 Å². The number of ether oxygens (including phenoxy) is 1. The highest BCUT2D eigenvalue weighted by molar-refractivity contribution is 6.56. The Kier molecular flexibility index (Phi) is 7.03. The number of carbonyl (C=O) groups is 1. The summed E-state index contributed by atoms with van der Waals surface area (Å²) in [6.45, 7) is 12.3. The average Bonchev–Trinajstić information content (AvgIpc) is 2.97. The highest BCUT2D eigenvalue weighted by Gasteiger charge is 2.52. The van der Waals surface area contributed by atoms with Crippen LogP contribution in [0.3, 0.4) is 0 Å². The zero-order valence-corrected chi connectivity index (χ0v) is 18.7. The van der Waals surface area contributed by atoms with Crippen LogP contribution in [-0.2, 0) is 20.7 Å². The van der Waals surface area contributed by atoms with E-state index in [9.17, 15) is 4.79 Å². The van der Waals surface area contributed by atoms with Gasteiger partial charge in [-0.15, -0.1) is 0 Å². The minimum Gasteiger partial charge on any atom is -0.445 e. The number of rotatable bonds is 7. The van der Waals surface area contributed by atoms with Crippen LogP contribution >= 0.6 is 0 Å². The Balaban J connectivity index is 1.73. The molecule has 3 rings (SSSR count). The second kappa shape index (κ2) is 9.54. The molecule has 0 radical (unpaired) electrons. The molecule has 1 heterocycles. The van der Waals surface area contributed by atoms with E-state index in [0.29, 0.717) is 0 Å². The van der Waals surface area contributed by atoms with E-state index in [-0.39, 0.29) is 13.2 Å². The number of amides is 1. The van der Waals surface area contributed by atoms with E-state index in [1.54, 1.807) is 6.08 Å². The molecule has 1 saturated heterocycles. The minimum absolute atomic E-state index is 0.212. The highest BCUT2D eigenvalue weighted by Crippen LogP contribution is 2.38. The summed E-state index contributed by atoms with van der Waals surface area (Å²) in [6.07, 6.45) is 3.28. The maximum atomic E-state index is 12.3. The molecule has 31 heavy (non-hydrogen) atoms. The lowest BCUT2D eigenvalue weighted by molar-refractivity contribution is 0.00578. The van der Waals surface area contributed by atoms with Crippen LogP contribution in [0.4, 0.5) is 4.79 Å². The van der Waals surface area contributed by atoms with Gasteiger partial charge in [0.05, 0.1) is 11.2 Å². The summed E-state index contributed by atoms with van der Waals surface area (Å²) in [5.74, 6) is 0. The normalized spacial score (nSPS) is 17.3. The number of hydrogen-bond acceptors (Lipinski definition) is 4. The van der Waals surface area contributed by atoms with Crippen molar-refractivity contribution in [3.8, 4) is 0 Å². The molecule has 6 heteroatoms. The van der Waals surface area contributed by atoms with Gasteiger partial charge in [0.2, 0.25) is 0 Å². The Labute approximate surface area is 185 Å². The predicted molar refractivity (Wildman–Crippen MR) is 125 cm³/mol. The molecule has 1 amide bonds. The number of alkyl carbamates (subject to hydrolysis) is 1. The second-order valence-corrected chi connectivity index (χ2v) is 8.60. The molecule has 0 aromatic heterocycles. The Bertz CT molecular complexity index is 937. The molecule has 2 aromatic carbocycles. The van der Waals surface area contributed by atoms with Gasteiger partial charge in [-0.05, 0) is 55.9 Å². The monoisotopic (exact) mass is 419 g/mol. The lowest BCUT2D eigenvalue weighted by atomic mass is 9.77. The van der Waals surface area contributed by atoms with Crippen LogP contribution in [0.25, 0.3) is 12.2 Å². The third-order valence-electron chi connectivity index (χ3n) is 5.70. The van der Waals surface area contributed by atoms with Crippen molar-refractivity contribution < 1.29 is 18.8 Å². The highest BCUT2D eigenvalue weighted by atomic mass is 16.7. The summed E-state index contributed by atoms with van der Waals surface area (Å²) in [4.78, 5) is 12.3. The van der Waals surface area contributed by atoms with Crippen molar-refractivity contribution in [3.63, 3.8) is 0 Å². The number of hydrogen-bond donors (Lipinski definition) is 1. The van der Waals surface area contributed by atoms with Crippen molar-refractivity contribution in [1.29, 1.82) is 0 Å². The SMILES string of the molecule is C=Cc1cccc(C=C(CNC(=O)OCc2ccccc2)B2OC(C)(C)C(C)(C)O2)c1. The third-order valence-corrected chi connectivity index (χ3v) is 5.70. The largest absolute Gasteiger partial charge is 0.492 e. The molecule has 1 aliphatic heterocycles. The molecule has 1 aliphatic rings. The molecule has 0 spiro atoms.